The van der Waals surface area contributed by atoms with Gasteiger partial charge in [-0.2, -0.15) is 0 Å². The molecule has 176 valence electrons. The molecule has 10 heteroatoms. The summed E-state index contributed by atoms with van der Waals surface area (Å²) in [5.41, 5.74) is 6.60. The smallest absolute Gasteiger partial charge is 0.293 e. The van der Waals surface area contributed by atoms with Crippen molar-refractivity contribution >= 4 is 34.5 Å². The Kier molecular flexibility index (Phi) is 7.24. The van der Waals surface area contributed by atoms with Crippen molar-refractivity contribution in [1.29, 1.82) is 0 Å². The van der Waals surface area contributed by atoms with Crippen molar-refractivity contribution in [3.63, 3.8) is 0 Å². The fourth-order valence-electron chi connectivity index (χ4n) is 4.53. The molecule has 9 nitrogen and oxygen atoms in total. The number of hydrogen-bond acceptors (Lipinski definition) is 7. The Balaban J connectivity index is 1.45. The van der Waals surface area contributed by atoms with Crippen LogP contribution in [0.15, 0.2) is 35.7 Å². The van der Waals surface area contributed by atoms with E-state index in [0.29, 0.717) is 43.2 Å². The summed E-state index contributed by atoms with van der Waals surface area (Å²) < 4.78 is 0. The highest BCUT2D eigenvalue weighted by Crippen LogP contribution is 2.30. The number of benzene rings is 1. The van der Waals surface area contributed by atoms with E-state index in [1.165, 1.54) is 17.4 Å². The Labute approximate surface area is 196 Å². The molecule has 2 aromatic rings. The van der Waals surface area contributed by atoms with E-state index in [-0.39, 0.29) is 35.1 Å². The largest absolute Gasteiger partial charge is 0.364 e. The number of nitro benzene ring substituents is 1. The Bertz CT molecular complexity index is 1000. The number of carbonyl (C=O) groups is 2. The maximum absolute atomic E-state index is 12.7. The lowest BCUT2D eigenvalue weighted by Crippen LogP contribution is -2.40. The summed E-state index contributed by atoms with van der Waals surface area (Å²) in [6, 6.07) is 8.56. The van der Waals surface area contributed by atoms with Gasteiger partial charge in [0.05, 0.1) is 9.80 Å². The van der Waals surface area contributed by atoms with Crippen LogP contribution in [0.1, 0.15) is 52.1 Å². The van der Waals surface area contributed by atoms with Crippen LogP contribution in [0.25, 0.3) is 0 Å². The highest BCUT2D eigenvalue weighted by Gasteiger charge is 2.27. The number of nitrogens with one attached hydrogen (secondary N) is 1. The molecule has 1 aliphatic carbocycles. The van der Waals surface area contributed by atoms with Gasteiger partial charge in [-0.1, -0.05) is 6.07 Å². The maximum atomic E-state index is 12.7. The number of thiophene rings is 1. The zero-order valence-corrected chi connectivity index (χ0v) is 19.3. The molecule has 2 amide bonds. The Morgan fingerprint density at radius 1 is 1.09 bits per heavy atom. The molecule has 1 aromatic carbocycles. The van der Waals surface area contributed by atoms with Crippen molar-refractivity contribution in [3.05, 3.63) is 56.3 Å². The van der Waals surface area contributed by atoms with E-state index in [1.54, 1.807) is 17.0 Å². The van der Waals surface area contributed by atoms with Crippen molar-refractivity contribution in [3.8, 4) is 0 Å². The third kappa shape index (κ3) is 5.51. The van der Waals surface area contributed by atoms with Crippen LogP contribution in [0.4, 0.5) is 11.4 Å². The monoisotopic (exact) mass is 471 g/mol. The summed E-state index contributed by atoms with van der Waals surface area (Å²) in [6.07, 6.45) is 4.08. The fourth-order valence-corrected chi connectivity index (χ4v) is 5.22. The summed E-state index contributed by atoms with van der Waals surface area (Å²) in [5.74, 6) is -0.300. The van der Waals surface area contributed by atoms with Crippen molar-refractivity contribution in [1.82, 2.24) is 10.2 Å². The molecule has 0 unspecified atom stereocenters. The molecule has 1 saturated heterocycles. The van der Waals surface area contributed by atoms with Crippen LogP contribution >= 0.6 is 11.3 Å². The molecule has 0 atom stereocenters. The third-order valence-corrected chi connectivity index (χ3v) is 7.25. The van der Waals surface area contributed by atoms with Crippen LogP contribution in [0, 0.1) is 10.1 Å². The second-order valence-corrected chi connectivity index (χ2v) is 9.60. The first-order chi connectivity index (χ1) is 15.9. The van der Waals surface area contributed by atoms with E-state index in [0.717, 1.165) is 25.7 Å². The molecule has 2 aliphatic rings. The van der Waals surface area contributed by atoms with Crippen LogP contribution in [0.2, 0.25) is 0 Å². The van der Waals surface area contributed by atoms with Gasteiger partial charge in [0, 0.05) is 49.9 Å². The van der Waals surface area contributed by atoms with Gasteiger partial charge >= 0.3 is 0 Å². The normalized spacial score (nSPS) is 21.4. The SMILES string of the molecule is NC1CCC(NC(=O)c2ccc(N3CCCN(C(=O)c4cccs4)CC3)c([N+](=O)[O-])c2)CC1. The summed E-state index contributed by atoms with van der Waals surface area (Å²) in [6.45, 7) is 2.18. The van der Waals surface area contributed by atoms with Crippen LogP contribution in [0.5, 0.6) is 0 Å². The fraction of sp³-hybridized carbons (Fsp3) is 0.478. The van der Waals surface area contributed by atoms with Gasteiger partial charge in [0.15, 0.2) is 0 Å². The number of rotatable bonds is 5. The zero-order valence-electron chi connectivity index (χ0n) is 18.4. The molecule has 0 radical (unpaired) electrons. The van der Waals surface area contributed by atoms with E-state index in [9.17, 15) is 19.7 Å². The summed E-state index contributed by atoms with van der Waals surface area (Å²) in [4.78, 5) is 41.3. The molecule has 2 fully saturated rings. The number of carbonyl (C=O) groups excluding carboxylic acids is 2. The minimum Gasteiger partial charge on any atom is -0.364 e. The summed E-state index contributed by atoms with van der Waals surface area (Å²) in [5, 5.41) is 16.7. The third-order valence-electron chi connectivity index (χ3n) is 6.40. The quantitative estimate of drug-likeness (QED) is 0.511. The Morgan fingerprint density at radius 3 is 2.58 bits per heavy atom. The molecule has 0 spiro atoms. The highest BCUT2D eigenvalue weighted by molar-refractivity contribution is 7.12. The molecule has 3 N–H and O–H groups in total. The van der Waals surface area contributed by atoms with Gasteiger partial charge in [0.1, 0.15) is 5.69 Å². The molecule has 1 saturated carbocycles. The molecule has 33 heavy (non-hydrogen) atoms. The second-order valence-electron chi connectivity index (χ2n) is 8.66. The van der Waals surface area contributed by atoms with Gasteiger partial charge < -0.3 is 20.9 Å². The van der Waals surface area contributed by atoms with Gasteiger partial charge in [-0.15, -0.1) is 11.3 Å². The van der Waals surface area contributed by atoms with Crippen LogP contribution in [-0.4, -0.2) is 59.9 Å². The number of hydrogen-bond donors (Lipinski definition) is 2. The van der Waals surface area contributed by atoms with E-state index < -0.39 is 4.92 Å². The lowest BCUT2D eigenvalue weighted by molar-refractivity contribution is -0.384. The average Bonchev–Trinajstić information content (AvgIpc) is 3.24. The van der Waals surface area contributed by atoms with Crippen LogP contribution < -0.4 is 16.0 Å². The highest BCUT2D eigenvalue weighted by atomic mass is 32.1. The van der Waals surface area contributed by atoms with Crippen LogP contribution in [-0.2, 0) is 0 Å². The van der Waals surface area contributed by atoms with Gasteiger partial charge in [0.25, 0.3) is 17.5 Å². The molecular formula is C23H29N5O4S. The standard InChI is InChI=1S/C23H29N5O4S/c24-17-5-7-18(8-6-17)25-22(29)16-4-9-19(20(15-16)28(31)32)26-10-2-11-27(13-12-26)23(30)21-3-1-14-33-21/h1,3-4,9,14-15,17-18H,2,5-8,10-13,24H2,(H,25,29). The predicted molar refractivity (Wildman–Crippen MR) is 128 cm³/mol. The molecule has 2 heterocycles. The average molecular weight is 472 g/mol. The van der Waals surface area contributed by atoms with Gasteiger partial charge in [-0.3, -0.25) is 19.7 Å². The van der Waals surface area contributed by atoms with Crippen LogP contribution in [0.3, 0.4) is 0 Å². The molecule has 0 bridgehead atoms. The van der Waals surface area contributed by atoms with E-state index >= 15 is 0 Å². The Hall–Kier alpha value is -2.98. The first kappa shape index (κ1) is 23.2. The minimum absolute atomic E-state index is 0.00274. The molecular weight excluding hydrogens is 442 g/mol. The number of anilines is 1. The molecule has 1 aliphatic heterocycles. The number of amides is 2. The zero-order chi connectivity index (χ0) is 23.4. The van der Waals surface area contributed by atoms with Gasteiger partial charge in [-0.25, -0.2) is 0 Å². The first-order valence-corrected chi connectivity index (χ1v) is 12.2. The molecule has 1 aromatic heterocycles. The van der Waals surface area contributed by atoms with Gasteiger partial charge in [-0.05, 0) is 55.7 Å². The lowest BCUT2D eigenvalue weighted by atomic mass is 9.91. The summed E-state index contributed by atoms with van der Waals surface area (Å²) >= 11 is 1.41. The number of nitro groups is 1. The number of nitrogens with two attached hydrogens (primary N) is 1. The molecule has 4 rings (SSSR count). The topological polar surface area (TPSA) is 122 Å². The minimum atomic E-state index is -0.439. The predicted octanol–water partition coefficient (Wildman–Crippen LogP) is 3.01. The lowest BCUT2D eigenvalue weighted by Gasteiger charge is -2.27. The van der Waals surface area contributed by atoms with E-state index in [1.807, 2.05) is 22.4 Å². The van der Waals surface area contributed by atoms with Crippen molar-refractivity contribution in [2.24, 2.45) is 5.73 Å². The number of nitrogens with zero attached hydrogens (tertiary/aromatic N) is 3. The first-order valence-electron chi connectivity index (χ1n) is 11.3. The van der Waals surface area contributed by atoms with Gasteiger partial charge in [0.2, 0.25) is 0 Å². The Morgan fingerprint density at radius 2 is 1.88 bits per heavy atom. The van der Waals surface area contributed by atoms with Crippen molar-refractivity contribution < 1.29 is 14.5 Å². The van der Waals surface area contributed by atoms with E-state index in [4.69, 9.17) is 5.73 Å². The van der Waals surface area contributed by atoms with Crippen molar-refractivity contribution in [2.75, 3.05) is 31.1 Å². The second kappa shape index (κ2) is 10.3. The van der Waals surface area contributed by atoms with Crippen molar-refractivity contribution in [2.45, 2.75) is 44.2 Å². The maximum Gasteiger partial charge on any atom is 0.293 e. The summed E-state index contributed by atoms with van der Waals surface area (Å²) in [7, 11) is 0. The van der Waals surface area contributed by atoms with E-state index in [2.05, 4.69) is 5.32 Å².